The summed E-state index contributed by atoms with van der Waals surface area (Å²) in [6.07, 6.45) is 0.797. The number of para-hydroxylation sites is 1. The van der Waals surface area contributed by atoms with Crippen LogP contribution in [0.4, 0.5) is 11.6 Å². The van der Waals surface area contributed by atoms with Crippen molar-refractivity contribution in [2.24, 2.45) is 0 Å². The van der Waals surface area contributed by atoms with Gasteiger partial charge in [-0.25, -0.2) is 4.98 Å². The van der Waals surface area contributed by atoms with Gasteiger partial charge in [0, 0.05) is 18.9 Å². The highest BCUT2D eigenvalue weighted by Gasteiger charge is 2.11. The number of carbonyl (C=O) groups is 1. The van der Waals surface area contributed by atoms with Crippen molar-refractivity contribution in [3.05, 3.63) is 51.9 Å². The number of methoxy groups -OCH3 is 1. The van der Waals surface area contributed by atoms with Crippen molar-refractivity contribution < 1.29 is 9.53 Å². The molecule has 0 aliphatic rings. The maximum atomic E-state index is 12.2. The van der Waals surface area contributed by atoms with E-state index in [1.807, 2.05) is 31.2 Å². The Morgan fingerprint density at radius 3 is 2.78 bits per heavy atom. The maximum Gasteiger partial charge on any atom is 0.255 e. The molecule has 0 fully saturated rings. The fourth-order valence-corrected chi connectivity index (χ4v) is 2.24. The van der Waals surface area contributed by atoms with E-state index in [1.54, 1.807) is 0 Å². The molecule has 3 N–H and O–H groups in total. The van der Waals surface area contributed by atoms with Gasteiger partial charge in [-0.3, -0.25) is 14.2 Å². The van der Waals surface area contributed by atoms with Gasteiger partial charge in [0.1, 0.15) is 6.54 Å². The number of hydrogen-bond acceptors (Lipinski definition) is 5. The van der Waals surface area contributed by atoms with Gasteiger partial charge in [0.25, 0.3) is 5.56 Å². The van der Waals surface area contributed by atoms with Crippen molar-refractivity contribution in [1.29, 1.82) is 0 Å². The van der Waals surface area contributed by atoms with Crippen LogP contribution in [0.5, 0.6) is 0 Å². The van der Waals surface area contributed by atoms with Gasteiger partial charge < -0.3 is 15.8 Å². The molecule has 0 saturated carbocycles. The Morgan fingerprint density at radius 1 is 1.39 bits per heavy atom. The van der Waals surface area contributed by atoms with E-state index in [1.165, 1.54) is 13.2 Å². The molecular weight excluding hydrogens is 296 g/mol. The van der Waals surface area contributed by atoms with Gasteiger partial charge in [-0.2, -0.15) is 0 Å². The number of nitrogens with one attached hydrogen (secondary N) is 1. The first-order chi connectivity index (χ1) is 11.0. The highest BCUT2D eigenvalue weighted by Crippen LogP contribution is 2.15. The normalized spacial score (nSPS) is 10.5. The van der Waals surface area contributed by atoms with E-state index in [0.29, 0.717) is 5.69 Å². The van der Waals surface area contributed by atoms with Crippen LogP contribution in [0.1, 0.15) is 18.2 Å². The van der Waals surface area contributed by atoms with Crippen molar-refractivity contribution in [3.8, 4) is 0 Å². The van der Waals surface area contributed by atoms with Crippen LogP contribution in [-0.4, -0.2) is 22.6 Å². The molecule has 0 aliphatic heterocycles. The van der Waals surface area contributed by atoms with Crippen LogP contribution in [0.15, 0.2) is 35.1 Å². The van der Waals surface area contributed by atoms with Crippen LogP contribution in [0.3, 0.4) is 0 Å². The summed E-state index contributed by atoms with van der Waals surface area (Å²) in [6.45, 7) is 2.01. The molecular formula is C16H20N4O3. The van der Waals surface area contributed by atoms with Crippen molar-refractivity contribution in [1.82, 2.24) is 9.55 Å². The first-order valence-corrected chi connectivity index (χ1v) is 7.28. The van der Waals surface area contributed by atoms with Gasteiger partial charge in [-0.15, -0.1) is 0 Å². The Kier molecular flexibility index (Phi) is 5.48. The van der Waals surface area contributed by atoms with Crippen molar-refractivity contribution >= 4 is 17.5 Å². The predicted octanol–water partition coefficient (Wildman–Crippen LogP) is 1.17. The molecule has 2 rings (SSSR count). The quantitative estimate of drug-likeness (QED) is 0.833. The number of benzene rings is 1. The van der Waals surface area contributed by atoms with Gasteiger partial charge in [0.15, 0.2) is 0 Å². The van der Waals surface area contributed by atoms with Gasteiger partial charge in [0.2, 0.25) is 11.9 Å². The van der Waals surface area contributed by atoms with Crippen molar-refractivity contribution in [3.63, 3.8) is 0 Å². The zero-order valence-electron chi connectivity index (χ0n) is 13.2. The zero-order chi connectivity index (χ0) is 16.8. The maximum absolute atomic E-state index is 12.2. The molecule has 1 heterocycles. The lowest BCUT2D eigenvalue weighted by Gasteiger charge is -2.12. The molecule has 1 aromatic carbocycles. The average molecular weight is 316 g/mol. The van der Waals surface area contributed by atoms with Crippen LogP contribution in [-0.2, 0) is 29.1 Å². The number of hydrogen-bond donors (Lipinski definition) is 2. The molecule has 23 heavy (non-hydrogen) atoms. The molecule has 1 amide bonds. The number of amides is 1. The van der Waals surface area contributed by atoms with Crippen molar-refractivity contribution in [2.45, 2.75) is 26.5 Å². The summed E-state index contributed by atoms with van der Waals surface area (Å²) in [4.78, 5) is 28.3. The molecule has 0 saturated heterocycles. The van der Waals surface area contributed by atoms with Crippen LogP contribution >= 0.6 is 0 Å². The number of nitrogens with two attached hydrogens (primary N) is 1. The van der Waals surface area contributed by atoms with E-state index in [-0.39, 0.29) is 30.6 Å². The average Bonchev–Trinajstić information content (AvgIpc) is 2.52. The Hall–Kier alpha value is -2.67. The van der Waals surface area contributed by atoms with Crippen LogP contribution in [0.2, 0.25) is 0 Å². The van der Waals surface area contributed by atoms with Crippen LogP contribution < -0.4 is 16.6 Å². The second-order valence-corrected chi connectivity index (χ2v) is 5.02. The van der Waals surface area contributed by atoms with E-state index in [0.717, 1.165) is 22.2 Å². The first kappa shape index (κ1) is 16.7. The lowest BCUT2D eigenvalue weighted by atomic mass is 10.1. The minimum absolute atomic E-state index is 0.0107. The predicted molar refractivity (Wildman–Crippen MR) is 88.1 cm³/mol. The van der Waals surface area contributed by atoms with E-state index in [2.05, 4.69) is 10.3 Å². The molecule has 1 aromatic heterocycles. The number of carbonyl (C=O) groups excluding carboxylic acids is 1. The number of anilines is 2. The number of rotatable bonds is 6. The van der Waals surface area contributed by atoms with E-state index in [9.17, 15) is 9.59 Å². The molecule has 0 bridgehead atoms. The highest BCUT2D eigenvalue weighted by molar-refractivity contribution is 5.91. The summed E-state index contributed by atoms with van der Waals surface area (Å²) in [5.74, 6) is -0.343. The number of ether oxygens (including phenoxy) is 1. The summed E-state index contributed by atoms with van der Waals surface area (Å²) in [6, 6.07) is 8.83. The number of nitrogens with zero attached hydrogens (tertiary/aromatic N) is 2. The summed E-state index contributed by atoms with van der Waals surface area (Å²) in [7, 11) is 1.50. The third-order valence-electron chi connectivity index (χ3n) is 3.36. The molecule has 7 nitrogen and oxygen atoms in total. The van der Waals surface area contributed by atoms with Crippen LogP contribution in [0, 0.1) is 0 Å². The summed E-state index contributed by atoms with van der Waals surface area (Å²) >= 11 is 0. The second kappa shape index (κ2) is 7.55. The highest BCUT2D eigenvalue weighted by atomic mass is 16.5. The summed E-state index contributed by atoms with van der Waals surface area (Å²) < 4.78 is 6.05. The van der Waals surface area contributed by atoms with Crippen LogP contribution in [0.25, 0.3) is 0 Å². The topological polar surface area (TPSA) is 99.2 Å². The van der Waals surface area contributed by atoms with E-state index in [4.69, 9.17) is 10.5 Å². The second-order valence-electron chi connectivity index (χ2n) is 5.02. The molecule has 0 radical (unpaired) electrons. The Labute approximate surface area is 134 Å². The Morgan fingerprint density at radius 2 is 2.13 bits per heavy atom. The molecule has 0 unspecified atom stereocenters. The van der Waals surface area contributed by atoms with E-state index >= 15 is 0 Å². The molecule has 0 aliphatic carbocycles. The van der Waals surface area contributed by atoms with Gasteiger partial charge in [-0.05, 0) is 18.1 Å². The smallest absolute Gasteiger partial charge is 0.255 e. The SMILES string of the molecule is CCc1ccccc1NC(=O)Cn1c(N)nc(COC)cc1=O. The van der Waals surface area contributed by atoms with Gasteiger partial charge >= 0.3 is 0 Å². The minimum Gasteiger partial charge on any atom is -0.378 e. The Balaban J connectivity index is 2.16. The fourth-order valence-electron chi connectivity index (χ4n) is 2.24. The number of aromatic nitrogens is 2. The molecule has 0 spiro atoms. The lowest BCUT2D eigenvalue weighted by Crippen LogP contribution is -2.30. The van der Waals surface area contributed by atoms with Gasteiger partial charge in [0.05, 0.1) is 12.3 Å². The summed E-state index contributed by atoms with van der Waals surface area (Å²) in [5, 5.41) is 2.80. The Bertz CT molecular complexity index is 755. The molecule has 2 aromatic rings. The first-order valence-electron chi connectivity index (χ1n) is 7.28. The molecule has 0 atom stereocenters. The van der Waals surface area contributed by atoms with Crippen molar-refractivity contribution in [2.75, 3.05) is 18.2 Å². The number of aryl methyl sites for hydroxylation is 1. The van der Waals surface area contributed by atoms with E-state index < -0.39 is 0 Å². The third kappa shape index (κ3) is 4.17. The number of nitrogen functional groups attached to an aromatic ring is 1. The molecule has 122 valence electrons. The standard InChI is InChI=1S/C16H20N4O3/c1-3-11-6-4-5-7-13(11)19-14(21)9-20-15(22)8-12(10-23-2)18-16(20)17/h4-8H,3,9-10H2,1-2H3,(H2,17,18)(H,19,21). The largest absolute Gasteiger partial charge is 0.378 e. The zero-order valence-corrected chi connectivity index (χ0v) is 13.2. The monoisotopic (exact) mass is 316 g/mol. The lowest BCUT2D eigenvalue weighted by molar-refractivity contribution is -0.116. The molecule has 7 heteroatoms. The van der Waals surface area contributed by atoms with Gasteiger partial charge in [-0.1, -0.05) is 25.1 Å². The fraction of sp³-hybridized carbons (Fsp3) is 0.312. The minimum atomic E-state index is -0.386. The summed E-state index contributed by atoms with van der Waals surface area (Å²) in [5.41, 5.74) is 7.57. The third-order valence-corrected chi connectivity index (χ3v) is 3.36.